The SMILES string of the molecule is Cc1cccc2c1OCN(C(C)C)C2. The Balaban J connectivity index is 2.27. The fourth-order valence-electron chi connectivity index (χ4n) is 1.79. The molecule has 1 aromatic carbocycles. The van der Waals surface area contributed by atoms with Gasteiger partial charge in [0.1, 0.15) is 12.5 Å². The van der Waals surface area contributed by atoms with Crippen molar-refractivity contribution in [2.45, 2.75) is 33.4 Å². The van der Waals surface area contributed by atoms with Gasteiger partial charge in [-0.15, -0.1) is 0 Å². The molecule has 0 aromatic heterocycles. The van der Waals surface area contributed by atoms with Gasteiger partial charge in [-0.1, -0.05) is 18.2 Å². The lowest BCUT2D eigenvalue weighted by Gasteiger charge is -2.32. The predicted molar refractivity (Wildman–Crippen MR) is 57.4 cm³/mol. The van der Waals surface area contributed by atoms with E-state index in [0.717, 1.165) is 19.0 Å². The van der Waals surface area contributed by atoms with Crippen LogP contribution in [-0.4, -0.2) is 17.7 Å². The minimum atomic E-state index is 0.545. The van der Waals surface area contributed by atoms with Gasteiger partial charge in [0.2, 0.25) is 0 Å². The topological polar surface area (TPSA) is 12.5 Å². The molecule has 2 heteroatoms. The highest BCUT2D eigenvalue weighted by molar-refractivity contribution is 5.41. The molecule has 0 spiro atoms. The highest BCUT2D eigenvalue weighted by atomic mass is 16.5. The summed E-state index contributed by atoms with van der Waals surface area (Å²) in [5.74, 6) is 1.09. The maximum atomic E-state index is 5.75. The monoisotopic (exact) mass is 191 g/mol. The second-order valence-corrected chi connectivity index (χ2v) is 4.18. The van der Waals surface area contributed by atoms with Gasteiger partial charge < -0.3 is 4.74 Å². The molecule has 2 rings (SSSR count). The van der Waals surface area contributed by atoms with Crippen LogP contribution >= 0.6 is 0 Å². The number of nitrogens with zero attached hydrogens (tertiary/aromatic N) is 1. The lowest BCUT2D eigenvalue weighted by atomic mass is 10.1. The quantitative estimate of drug-likeness (QED) is 0.676. The second-order valence-electron chi connectivity index (χ2n) is 4.18. The van der Waals surface area contributed by atoms with Crippen molar-refractivity contribution in [2.24, 2.45) is 0 Å². The van der Waals surface area contributed by atoms with Crippen LogP contribution in [0.25, 0.3) is 0 Å². The Morgan fingerprint density at radius 3 is 2.86 bits per heavy atom. The summed E-state index contributed by atoms with van der Waals surface area (Å²) < 4.78 is 5.75. The van der Waals surface area contributed by atoms with Gasteiger partial charge >= 0.3 is 0 Å². The predicted octanol–water partition coefficient (Wildman–Crippen LogP) is 2.56. The fraction of sp³-hybridized carbons (Fsp3) is 0.500. The van der Waals surface area contributed by atoms with E-state index in [4.69, 9.17) is 4.74 Å². The van der Waals surface area contributed by atoms with Crippen LogP contribution in [-0.2, 0) is 6.54 Å². The number of fused-ring (bicyclic) bond motifs is 1. The molecule has 0 aliphatic carbocycles. The molecule has 0 saturated heterocycles. The Morgan fingerprint density at radius 1 is 1.36 bits per heavy atom. The van der Waals surface area contributed by atoms with Gasteiger partial charge in [-0.3, -0.25) is 4.90 Å². The largest absolute Gasteiger partial charge is 0.478 e. The molecular weight excluding hydrogens is 174 g/mol. The summed E-state index contributed by atoms with van der Waals surface area (Å²) in [6.07, 6.45) is 0. The zero-order chi connectivity index (χ0) is 10.1. The van der Waals surface area contributed by atoms with Crippen LogP contribution in [0.1, 0.15) is 25.0 Å². The molecule has 1 aromatic rings. The van der Waals surface area contributed by atoms with Gasteiger partial charge in [0.05, 0.1) is 0 Å². The summed E-state index contributed by atoms with van der Waals surface area (Å²) in [5.41, 5.74) is 2.55. The summed E-state index contributed by atoms with van der Waals surface area (Å²) in [5, 5.41) is 0. The molecule has 0 unspecified atom stereocenters. The molecule has 76 valence electrons. The van der Waals surface area contributed by atoms with E-state index in [1.807, 2.05) is 0 Å². The second kappa shape index (κ2) is 3.62. The molecule has 0 N–H and O–H groups in total. The van der Waals surface area contributed by atoms with Gasteiger partial charge in [0.15, 0.2) is 0 Å². The highest BCUT2D eigenvalue weighted by Crippen LogP contribution is 2.28. The summed E-state index contributed by atoms with van der Waals surface area (Å²) in [4.78, 5) is 2.32. The summed E-state index contributed by atoms with van der Waals surface area (Å²) in [6.45, 7) is 8.22. The van der Waals surface area contributed by atoms with Gasteiger partial charge in [0.25, 0.3) is 0 Å². The maximum absolute atomic E-state index is 5.75. The third-order valence-corrected chi connectivity index (χ3v) is 2.77. The zero-order valence-corrected chi connectivity index (χ0v) is 9.08. The van der Waals surface area contributed by atoms with Crippen molar-refractivity contribution in [3.8, 4) is 5.75 Å². The molecule has 0 bridgehead atoms. The number of benzene rings is 1. The van der Waals surface area contributed by atoms with E-state index < -0.39 is 0 Å². The van der Waals surface area contributed by atoms with Gasteiger partial charge in [0, 0.05) is 18.2 Å². The molecule has 14 heavy (non-hydrogen) atoms. The average Bonchev–Trinajstić information content (AvgIpc) is 2.17. The molecular formula is C12H17NO. The van der Waals surface area contributed by atoms with E-state index in [1.54, 1.807) is 0 Å². The number of aryl methyl sites for hydroxylation is 1. The number of para-hydroxylation sites is 1. The van der Waals surface area contributed by atoms with Crippen molar-refractivity contribution in [2.75, 3.05) is 6.73 Å². The van der Waals surface area contributed by atoms with Crippen molar-refractivity contribution in [3.63, 3.8) is 0 Å². The summed E-state index contributed by atoms with van der Waals surface area (Å²) in [6, 6.07) is 6.89. The normalized spacial score (nSPS) is 16.6. The van der Waals surface area contributed by atoms with Crippen LogP contribution in [0.5, 0.6) is 5.75 Å². The van der Waals surface area contributed by atoms with E-state index in [2.05, 4.69) is 43.9 Å². The highest BCUT2D eigenvalue weighted by Gasteiger charge is 2.19. The number of hydrogen-bond acceptors (Lipinski definition) is 2. The van der Waals surface area contributed by atoms with Crippen LogP contribution in [0, 0.1) is 6.92 Å². The van der Waals surface area contributed by atoms with Crippen molar-refractivity contribution in [1.29, 1.82) is 0 Å². The molecule has 0 saturated carbocycles. The Bertz CT molecular complexity index is 333. The van der Waals surface area contributed by atoms with E-state index in [9.17, 15) is 0 Å². The molecule has 0 fully saturated rings. The zero-order valence-electron chi connectivity index (χ0n) is 9.08. The van der Waals surface area contributed by atoms with Crippen LogP contribution in [0.4, 0.5) is 0 Å². The molecule has 1 aliphatic heterocycles. The van der Waals surface area contributed by atoms with E-state index in [-0.39, 0.29) is 0 Å². The first kappa shape index (κ1) is 9.53. The van der Waals surface area contributed by atoms with Crippen LogP contribution in [0.2, 0.25) is 0 Å². The molecule has 0 amide bonds. The number of ether oxygens (including phenoxy) is 1. The number of rotatable bonds is 1. The van der Waals surface area contributed by atoms with Crippen molar-refractivity contribution in [3.05, 3.63) is 29.3 Å². The fourth-order valence-corrected chi connectivity index (χ4v) is 1.79. The maximum Gasteiger partial charge on any atom is 0.142 e. The first-order valence-corrected chi connectivity index (χ1v) is 5.14. The van der Waals surface area contributed by atoms with E-state index >= 15 is 0 Å². The van der Waals surface area contributed by atoms with Crippen LogP contribution in [0.15, 0.2) is 18.2 Å². The average molecular weight is 191 g/mol. The van der Waals surface area contributed by atoms with Crippen molar-refractivity contribution in [1.82, 2.24) is 4.90 Å². The smallest absolute Gasteiger partial charge is 0.142 e. The molecule has 1 heterocycles. The first-order valence-electron chi connectivity index (χ1n) is 5.14. The van der Waals surface area contributed by atoms with Gasteiger partial charge in [-0.25, -0.2) is 0 Å². The lowest BCUT2D eigenvalue weighted by molar-refractivity contribution is 0.0680. The molecule has 0 atom stereocenters. The Kier molecular flexibility index (Phi) is 2.46. The molecule has 2 nitrogen and oxygen atoms in total. The van der Waals surface area contributed by atoms with Gasteiger partial charge in [-0.05, 0) is 26.3 Å². The Morgan fingerprint density at radius 2 is 2.14 bits per heavy atom. The standard InChI is InChI=1S/C12H17NO/c1-9(2)13-7-11-6-4-5-10(3)12(11)14-8-13/h4-6,9H,7-8H2,1-3H3. The lowest BCUT2D eigenvalue weighted by Crippen LogP contribution is -2.37. The molecule has 1 aliphatic rings. The minimum Gasteiger partial charge on any atom is -0.478 e. The third kappa shape index (κ3) is 1.62. The third-order valence-electron chi connectivity index (χ3n) is 2.77. The molecule has 0 radical (unpaired) electrons. The number of hydrogen-bond donors (Lipinski definition) is 0. The van der Waals surface area contributed by atoms with Gasteiger partial charge in [-0.2, -0.15) is 0 Å². The summed E-state index contributed by atoms with van der Waals surface area (Å²) >= 11 is 0. The minimum absolute atomic E-state index is 0.545. The van der Waals surface area contributed by atoms with E-state index in [0.29, 0.717) is 6.04 Å². The van der Waals surface area contributed by atoms with Crippen LogP contribution < -0.4 is 4.74 Å². The van der Waals surface area contributed by atoms with E-state index in [1.165, 1.54) is 11.1 Å². The Labute approximate surface area is 85.5 Å². The van der Waals surface area contributed by atoms with Crippen molar-refractivity contribution < 1.29 is 4.74 Å². The summed E-state index contributed by atoms with van der Waals surface area (Å²) in [7, 11) is 0. The van der Waals surface area contributed by atoms with Crippen LogP contribution in [0.3, 0.4) is 0 Å². The first-order chi connectivity index (χ1) is 6.68. The van der Waals surface area contributed by atoms with Crippen molar-refractivity contribution >= 4 is 0 Å². The Hall–Kier alpha value is -1.02.